The van der Waals surface area contributed by atoms with E-state index in [1.54, 1.807) is 0 Å². The number of aryl methyl sites for hydroxylation is 1. The second-order valence-electron chi connectivity index (χ2n) is 7.08. The van der Waals surface area contributed by atoms with Crippen LogP contribution in [0.25, 0.3) is 0 Å². The molecule has 0 saturated heterocycles. The molecule has 1 nitrogen and oxygen atoms in total. The maximum absolute atomic E-state index is 11.3. The first-order valence-electron chi connectivity index (χ1n) is 7.48. The van der Waals surface area contributed by atoms with Crippen LogP contribution in [0.3, 0.4) is 0 Å². The van der Waals surface area contributed by atoms with Crippen LogP contribution in [0.2, 0.25) is 0 Å². The Morgan fingerprint density at radius 1 is 1.16 bits per heavy atom. The normalized spacial score (nSPS) is 17.8. The monoisotopic (exact) mass is 258 g/mol. The number of carbonyl (C=O) groups excluding carboxylic acids is 1. The summed E-state index contributed by atoms with van der Waals surface area (Å²) in [5.41, 5.74) is 4.50. The molecule has 0 heterocycles. The zero-order valence-corrected chi connectivity index (χ0v) is 12.8. The molecule has 104 valence electrons. The lowest BCUT2D eigenvalue weighted by Gasteiger charge is -2.24. The Kier molecular flexibility index (Phi) is 4.13. The number of rotatable bonds is 2. The average molecular weight is 258 g/mol. The molecule has 0 unspecified atom stereocenters. The smallest absolute Gasteiger partial charge is 0.132 e. The first kappa shape index (κ1) is 14.3. The Labute approximate surface area is 117 Å². The molecule has 0 aromatic heterocycles. The van der Waals surface area contributed by atoms with Gasteiger partial charge in [-0.25, -0.2) is 0 Å². The van der Waals surface area contributed by atoms with Crippen LogP contribution >= 0.6 is 0 Å². The second kappa shape index (κ2) is 5.48. The van der Waals surface area contributed by atoms with Crippen molar-refractivity contribution in [2.24, 2.45) is 5.92 Å². The maximum atomic E-state index is 11.3. The van der Waals surface area contributed by atoms with Gasteiger partial charge in [0, 0.05) is 12.8 Å². The molecule has 1 aliphatic rings. The van der Waals surface area contributed by atoms with Crippen LogP contribution in [0.15, 0.2) is 18.2 Å². The largest absolute Gasteiger partial charge is 0.300 e. The van der Waals surface area contributed by atoms with Crippen molar-refractivity contribution in [1.82, 2.24) is 0 Å². The van der Waals surface area contributed by atoms with Crippen LogP contribution in [-0.4, -0.2) is 5.78 Å². The molecule has 0 aliphatic heterocycles. The SMILES string of the molecule is Cc1ccc(C(C)(C)C)cc1CC1CCC(=O)CC1. The second-order valence-corrected chi connectivity index (χ2v) is 7.08. The van der Waals surface area contributed by atoms with Crippen molar-refractivity contribution >= 4 is 5.78 Å². The number of Topliss-reactive ketones (excluding diaryl/α,β-unsaturated/α-hetero) is 1. The molecule has 1 aromatic rings. The lowest BCUT2D eigenvalue weighted by Crippen LogP contribution is -2.17. The number of hydrogen-bond donors (Lipinski definition) is 0. The summed E-state index contributed by atoms with van der Waals surface area (Å²) in [4.78, 5) is 11.3. The first-order valence-corrected chi connectivity index (χ1v) is 7.48. The number of hydrogen-bond acceptors (Lipinski definition) is 1. The Balaban J connectivity index is 2.13. The van der Waals surface area contributed by atoms with E-state index in [0.29, 0.717) is 11.7 Å². The van der Waals surface area contributed by atoms with Gasteiger partial charge in [0.05, 0.1) is 0 Å². The van der Waals surface area contributed by atoms with E-state index < -0.39 is 0 Å². The van der Waals surface area contributed by atoms with Gasteiger partial charge >= 0.3 is 0 Å². The van der Waals surface area contributed by atoms with Crippen molar-refractivity contribution in [1.29, 1.82) is 0 Å². The summed E-state index contributed by atoms with van der Waals surface area (Å²) in [6.07, 6.45) is 4.89. The van der Waals surface area contributed by atoms with Gasteiger partial charge in [-0.1, -0.05) is 39.0 Å². The fourth-order valence-electron chi connectivity index (χ4n) is 2.87. The van der Waals surface area contributed by atoms with E-state index >= 15 is 0 Å². The molecular formula is C18H26O. The van der Waals surface area contributed by atoms with Crippen molar-refractivity contribution in [3.63, 3.8) is 0 Å². The Hall–Kier alpha value is -1.11. The zero-order valence-electron chi connectivity index (χ0n) is 12.8. The minimum atomic E-state index is 0.213. The number of carbonyl (C=O) groups is 1. The van der Waals surface area contributed by atoms with Gasteiger partial charge in [0.15, 0.2) is 0 Å². The van der Waals surface area contributed by atoms with Crippen LogP contribution in [-0.2, 0) is 16.6 Å². The molecule has 2 rings (SSSR count). The molecule has 1 saturated carbocycles. The molecule has 19 heavy (non-hydrogen) atoms. The predicted molar refractivity (Wildman–Crippen MR) is 80.5 cm³/mol. The Morgan fingerprint density at radius 2 is 1.79 bits per heavy atom. The van der Waals surface area contributed by atoms with Gasteiger partial charge in [-0.15, -0.1) is 0 Å². The van der Waals surface area contributed by atoms with Crippen LogP contribution < -0.4 is 0 Å². The van der Waals surface area contributed by atoms with E-state index in [9.17, 15) is 4.79 Å². The summed E-state index contributed by atoms with van der Waals surface area (Å²) in [5.74, 6) is 1.16. The van der Waals surface area contributed by atoms with E-state index in [4.69, 9.17) is 0 Å². The molecule has 1 aliphatic carbocycles. The van der Waals surface area contributed by atoms with Gasteiger partial charge in [-0.05, 0) is 54.2 Å². The first-order chi connectivity index (χ1) is 8.86. The lowest BCUT2D eigenvalue weighted by molar-refractivity contribution is -0.120. The van der Waals surface area contributed by atoms with Gasteiger partial charge < -0.3 is 0 Å². The Morgan fingerprint density at radius 3 is 2.37 bits per heavy atom. The summed E-state index contributed by atoms with van der Waals surface area (Å²) in [7, 11) is 0. The quantitative estimate of drug-likeness (QED) is 0.758. The molecule has 1 aromatic carbocycles. The predicted octanol–water partition coefficient (Wildman–Crippen LogP) is 4.59. The standard InChI is InChI=1S/C18H26O/c1-13-5-8-16(18(2,3)4)12-15(13)11-14-6-9-17(19)10-7-14/h5,8,12,14H,6-7,9-11H2,1-4H3. The summed E-state index contributed by atoms with van der Waals surface area (Å²) >= 11 is 0. The average Bonchev–Trinajstić information content (AvgIpc) is 2.33. The van der Waals surface area contributed by atoms with Crippen molar-refractivity contribution in [3.8, 4) is 0 Å². The summed E-state index contributed by atoms with van der Waals surface area (Å²) in [6.45, 7) is 9.00. The highest BCUT2D eigenvalue weighted by Gasteiger charge is 2.21. The molecule has 0 spiro atoms. The van der Waals surface area contributed by atoms with Gasteiger partial charge in [0.2, 0.25) is 0 Å². The van der Waals surface area contributed by atoms with Crippen molar-refractivity contribution in [3.05, 3.63) is 34.9 Å². The molecule has 0 amide bonds. The Bertz CT molecular complexity index is 455. The minimum Gasteiger partial charge on any atom is -0.300 e. The highest BCUT2D eigenvalue weighted by atomic mass is 16.1. The van der Waals surface area contributed by atoms with Crippen LogP contribution in [0.4, 0.5) is 0 Å². The fourth-order valence-corrected chi connectivity index (χ4v) is 2.87. The molecule has 0 bridgehead atoms. The molecule has 0 atom stereocenters. The van der Waals surface area contributed by atoms with Crippen LogP contribution in [0.5, 0.6) is 0 Å². The van der Waals surface area contributed by atoms with Crippen molar-refractivity contribution in [2.45, 2.75) is 65.2 Å². The van der Waals surface area contributed by atoms with E-state index in [0.717, 1.165) is 32.1 Å². The third-order valence-electron chi connectivity index (χ3n) is 4.39. The summed E-state index contributed by atoms with van der Waals surface area (Å²) in [6, 6.07) is 6.89. The topological polar surface area (TPSA) is 17.1 Å². The van der Waals surface area contributed by atoms with Crippen molar-refractivity contribution < 1.29 is 4.79 Å². The molecule has 0 radical (unpaired) electrons. The van der Waals surface area contributed by atoms with E-state index in [1.807, 2.05) is 0 Å². The van der Waals surface area contributed by atoms with E-state index in [2.05, 4.69) is 45.9 Å². The maximum Gasteiger partial charge on any atom is 0.132 e. The van der Waals surface area contributed by atoms with Crippen LogP contribution in [0, 0.1) is 12.8 Å². The third kappa shape index (κ3) is 3.68. The number of ketones is 1. The summed E-state index contributed by atoms with van der Waals surface area (Å²) < 4.78 is 0. The highest BCUT2D eigenvalue weighted by molar-refractivity contribution is 5.79. The number of benzene rings is 1. The minimum absolute atomic E-state index is 0.213. The lowest BCUT2D eigenvalue weighted by atomic mass is 9.80. The zero-order chi connectivity index (χ0) is 14.0. The molecular weight excluding hydrogens is 232 g/mol. The van der Waals surface area contributed by atoms with Crippen molar-refractivity contribution in [2.75, 3.05) is 0 Å². The molecule has 0 N–H and O–H groups in total. The summed E-state index contributed by atoms with van der Waals surface area (Å²) in [5, 5.41) is 0. The van der Waals surface area contributed by atoms with Gasteiger partial charge in [0.25, 0.3) is 0 Å². The van der Waals surface area contributed by atoms with Gasteiger partial charge in [-0.3, -0.25) is 4.79 Å². The van der Waals surface area contributed by atoms with Gasteiger partial charge in [-0.2, -0.15) is 0 Å². The van der Waals surface area contributed by atoms with E-state index in [-0.39, 0.29) is 5.41 Å². The highest BCUT2D eigenvalue weighted by Crippen LogP contribution is 2.29. The fraction of sp³-hybridized carbons (Fsp3) is 0.611. The van der Waals surface area contributed by atoms with E-state index in [1.165, 1.54) is 16.7 Å². The van der Waals surface area contributed by atoms with Gasteiger partial charge in [0.1, 0.15) is 5.78 Å². The van der Waals surface area contributed by atoms with Crippen LogP contribution in [0.1, 0.15) is 63.1 Å². The molecule has 1 heteroatoms. The third-order valence-corrected chi connectivity index (χ3v) is 4.39. The molecule has 1 fully saturated rings.